The maximum Gasteiger partial charge on any atom is 0.136 e. The normalized spacial score (nSPS) is 40.0. The Kier molecular flexibility index (Phi) is 2.09. The zero-order valence-electron chi connectivity index (χ0n) is 6.68. The van der Waals surface area contributed by atoms with Gasteiger partial charge in [0.1, 0.15) is 6.29 Å². The van der Waals surface area contributed by atoms with Crippen molar-refractivity contribution in [2.45, 2.75) is 32.7 Å². The van der Waals surface area contributed by atoms with E-state index in [1.165, 1.54) is 0 Å². The van der Waals surface area contributed by atoms with Gasteiger partial charge in [-0.05, 0) is 18.3 Å². The number of carbonyl (C=O) groups excluding carboxylic acids is 1. The van der Waals surface area contributed by atoms with E-state index in [1.54, 1.807) is 0 Å². The monoisotopic (exact) mass is 141 g/mol. The molecule has 1 aliphatic heterocycles. The van der Waals surface area contributed by atoms with Crippen LogP contribution < -0.4 is 5.32 Å². The zero-order chi connectivity index (χ0) is 7.61. The lowest BCUT2D eigenvalue weighted by molar-refractivity contribution is -0.109. The van der Waals surface area contributed by atoms with Gasteiger partial charge in [-0.25, -0.2) is 0 Å². The molecule has 0 saturated carbocycles. The third kappa shape index (κ3) is 1.37. The van der Waals surface area contributed by atoms with Crippen molar-refractivity contribution < 1.29 is 4.79 Å². The van der Waals surface area contributed by atoms with Crippen LogP contribution in [-0.4, -0.2) is 18.9 Å². The largest absolute Gasteiger partial charge is 0.307 e. The molecule has 2 unspecified atom stereocenters. The van der Waals surface area contributed by atoms with Gasteiger partial charge in [-0.1, -0.05) is 13.8 Å². The Hall–Kier alpha value is -0.370. The van der Waals surface area contributed by atoms with Gasteiger partial charge in [0.2, 0.25) is 0 Å². The van der Waals surface area contributed by atoms with Crippen LogP contribution in [0.2, 0.25) is 0 Å². The lowest BCUT2D eigenvalue weighted by Crippen LogP contribution is -2.22. The van der Waals surface area contributed by atoms with Gasteiger partial charge in [-0.15, -0.1) is 0 Å². The van der Waals surface area contributed by atoms with E-state index in [0.29, 0.717) is 5.41 Å². The fraction of sp³-hybridized carbons (Fsp3) is 0.875. The Bertz CT molecular complexity index is 135. The standard InChI is InChI=1S/C8H15NO/c1-3-8(2)4-7(5-10)9-6-8/h5,7,9H,3-4,6H2,1-2H3. The molecule has 1 fully saturated rings. The van der Waals surface area contributed by atoms with Crippen molar-refractivity contribution in [3.63, 3.8) is 0 Å². The van der Waals surface area contributed by atoms with E-state index in [-0.39, 0.29) is 6.04 Å². The molecule has 1 saturated heterocycles. The summed E-state index contributed by atoms with van der Waals surface area (Å²) in [6, 6.07) is 0.116. The zero-order valence-corrected chi connectivity index (χ0v) is 6.68. The Balaban J connectivity index is 2.48. The summed E-state index contributed by atoms with van der Waals surface area (Å²) in [7, 11) is 0. The number of aldehydes is 1. The first-order valence-corrected chi connectivity index (χ1v) is 3.89. The van der Waals surface area contributed by atoms with Crippen LogP contribution in [0.1, 0.15) is 26.7 Å². The molecule has 1 rings (SSSR count). The maximum atomic E-state index is 10.3. The molecule has 10 heavy (non-hydrogen) atoms. The Morgan fingerprint density at radius 1 is 1.80 bits per heavy atom. The Labute approximate surface area is 62.0 Å². The smallest absolute Gasteiger partial charge is 0.136 e. The van der Waals surface area contributed by atoms with Crippen LogP contribution in [0.4, 0.5) is 0 Å². The van der Waals surface area contributed by atoms with E-state index < -0.39 is 0 Å². The molecule has 1 aliphatic rings. The number of carbonyl (C=O) groups is 1. The van der Waals surface area contributed by atoms with Gasteiger partial charge in [0, 0.05) is 6.54 Å². The third-order valence-electron chi connectivity index (χ3n) is 2.52. The molecule has 2 atom stereocenters. The number of rotatable bonds is 2. The lowest BCUT2D eigenvalue weighted by Gasteiger charge is -2.19. The highest BCUT2D eigenvalue weighted by atomic mass is 16.1. The van der Waals surface area contributed by atoms with Crippen LogP contribution in [0.3, 0.4) is 0 Å². The summed E-state index contributed by atoms with van der Waals surface area (Å²) in [6.07, 6.45) is 3.18. The predicted molar refractivity (Wildman–Crippen MR) is 40.9 cm³/mol. The molecule has 0 amide bonds. The second-order valence-electron chi connectivity index (χ2n) is 3.49. The predicted octanol–water partition coefficient (Wildman–Crippen LogP) is 0.964. The van der Waals surface area contributed by atoms with E-state index >= 15 is 0 Å². The molecule has 0 aromatic rings. The van der Waals surface area contributed by atoms with Gasteiger partial charge >= 0.3 is 0 Å². The van der Waals surface area contributed by atoms with Crippen LogP contribution >= 0.6 is 0 Å². The molecular formula is C8H15NO. The minimum Gasteiger partial charge on any atom is -0.307 e. The third-order valence-corrected chi connectivity index (χ3v) is 2.52. The summed E-state index contributed by atoms with van der Waals surface area (Å²) in [5, 5.41) is 3.18. The topological polar surface area (TPSA) is 29.1 Å². The van der Waals surface area contributed by atoms with Gasteiger partial charge in [-0.3, -0.25) is 0 Å². The SMILES string of the molecule is CCC1(C)CNC(C=O)C1. The quantitative estimate of drug-likeness (QED) is 0.580. The van der Waals surface area contributed by atoms with Crippen molar-refractivity contribution in [1.82, 2.24) is 5.32 Å². The van der Waals surface area contributed by atoms with Crippen LogP contribution in [0.15, 0.2) is 0 Å². The first kappa shape index (κ1) is 7.73. The van der Waals surface area contributed by atoms with Crippen molar-refractivity contribution in [2.24, 2.45) is 5.41 Å². The fourth-order valence-electron chi connectivity index (χ4n) is 1.42. The summed E-state index contributed by atoms with van der Waals surface area (Å²) in [5.74, 6) is 0. The second-order valence-corrected chi connectivity index (χ2v) is 3.49. The van der Waals surface area contributed by atoms with Gasteiger partial charge in [0.05, 0.1) is 6.04 Å². The van der Waals surface area contributed by atoms with E-state index in [9.17, 15) is 4.79 Å². The molecular weight excluding hydrogens is 126 g/mol. The minimum atomic E-state index is 0.116. The molecule has 0 aliphatic carbocycles. The molecule has 0 aromatic heterocycles. The van der Waals surface area contributed by atoms with E-state index in [1.807, 2.05) is 0 Å². The summed E-state index contributed by atoms with van der Waals surface area (Å²) in [6.45, 7) is 5.39. The Morgan fingerprint density at radius 3 is 2.80 bits per heavy atom. The van der Waals surface area contributed by atoms with Crippen molar-refractivity contribution in [3.8, 4) is 0 Å². The first-order valence-electron chi connectivity index (χ1n) is 3.89. The number of hydrogen-bond donors (Lipinski definition) is 1. The van der Waals surface area contributed by atoms with Crippen molar-refractivity contribution in [3.05, 3.63) is 0 Å². The van der Waals surface area contributed by atoms with Crippen molar-refractivity contribution >= 4 is 6.29 Å². The molecule has 0 aromatic carbocycles. The first-order chi connectivity index (χ1) is 4.70. The molecule has 0 spiro atoms. The minimum absolute atomic E-state index is 0.116. The fourth-order valence-corrected chi connectivity index (χ4v) is 1.42. The summed E-state index contributed by atoms with van der Waals surface area (Å²) >= 11 is 0. The molecule has 2 heteroatoms. The van der Waals surface area contributed by atoms with Gasteiger partial charge in [0.15, 0.2) is 0 Å². The molecule has 1 heterocycles. The summed E-state index contributed by atoms with van der Waals surface area (Å²) < 4.78 is 0. The molecule has 58 valence electrons. The lowest BCUT2D eigenvalue weighted by atomic mass is 9.85. The van der Waals surface area contributed by atoms with Gasteiger partial charge < -0.3 is 10.1 Å². The average molecular weight is 141 g/mol. The van der Waals surface area contributed by atoms with Crippen LogP contribution in [0, 0.1) is 5.41 Å². The Morgan fingerprint density at radius 2 is 2.50 bits per heavy atom. The van der Waals surface area contributed by atoms with E-state index in [2.05, 4.69) is 19.2 Å². The highest BCUT2D eigenvalue weighted by molar-refractivity contribution is 5.58. The van der Waals surface area contributed by atoms with Crippen LogP contribution in [-0.2, 0) is 4.79 Å². The second kappa shape index (κ2) is 2.70. The summed E-state index contributed by atoms with van der Waals surface area (Å²) in [5.41, 5.74) is 0.367. The van der Waals surface area contributed by atoms with Crippen LogP contribution in [0.25, 0.3) is 0 Å². The number of nitrogens with one attached hydrogen (secondary N) is 1. The molecule has 0 bridgehead atoms. The highest BCUT2D eigenvalue weighted by Gasteiger charge is 2.32. The summed E-state index contributed by atoms with van der Waals surface area (Å²) in [4.78, 5) is 10.3. The highest BCUT2D eigenvalue weighted by Crippen LogP contribution is 2.30. The van der Waals surface area contributed by atoms with Crippen molar-refractivity contribution in [2.75, 3.05) is 6.54 Å². The average Bonchev–Trinajstić information content (AvgIpc) is 2.33. The van der Waals surface area contributed by atoms with Gasteiger partial charge in [0.25, 0.3) is 0 Å². The van der Waals surface area contributed by atoms with Gasteiger partial charge in [-0.2, -0.15) is 0 Å². The van der Waals surface area contributed by atoms with E-state index in [4.69, 9.17) is 0 Å². The molecule has 2 nitrogen and oxygen atoms in total. The molecule has 1 N–H and O–H groups in total. The van der Waals surface area contributed by atoms with E-state index in [0.717, 1.165) is 25.7 Å². The maximum absolute atomic E-state index is 10.3. The van der Waals surface area contributed by atoms with Crippen molar-refractivity contribution in [1.29, 1.82) is 0 Å². The van der Waals surface area contributed by atoms with Crippen LogP contribution in [0.5, 0.6) is 0 Å². The molecule has 0 radical (unpaired) electrons. The number of hydrogen-bond acceptors (Lipinski definition) is 2.